The predicted molar refractivity (Wildman–Crippen MR) is 20.5 cm³/mol. The van der Waals surface area contributed by atoms with Crippen molar-refractivity contribution in [3.63, 3.8) is 0 Å². The average Bonchev–Trinajstić information content (AvgIpc) is 0. The van der Waals surface area contributed by atoms with Crippen LogP contribution < -0.4 is 18.9 Å². The third kappa shape index (κ3) is 8.90. The van der Waals surface area contributed by atoms with Gasteiger partial charge in [-0.15, -0.1) is 0 Å². The van der Waals surface area contributed by atoms with Crippen molar-refractivity contribution in [3.8, 4) is 0 Å². The van der Waals surface area contributed by atoms with E-state index in [0.717, 1.165) is 0 Å². The average molecular weight is 186 g/mol. The molecule has 0 spiro atoms. The van der Waals surface area contributed by atoms with Crippen LogP contribution in [0.2, 0.25) is 0 Å². The second-order valence-corrected chi connectivity index (χ2v) is 0. The normalized spacial score (nSPS) is 0. The van der Waals surface area contributed by atoms with Gasteiger partial charge in [-0.3, -0.25) is 0 Å². The first-order chi connectivity index (χ1) is 0. The van der Waals surface area contributed by atoms with Gasteiger partial charge in [0.2, 0.25) is 0 Å². The fourth-order valence-electron chi connectivity index (χ4n) is 0. The Kier molecular flexibility index (Phi) is 167. The Bertz CT molecular complexity index is 6.00. The maximum absolute atomic E-state index is 0. The molecule has 0 fully saturated rings. The molecule has 0 aliphatic heterocycles. The van der Waals surface area contributed by atoms with Crippen LogP contribution in [0, 0.1) is 0 Å². The summed E-state index contributed by atoms with van der Waals surface area (Å²) in [6.45, 7) is 0. The molecular formula is InLiS2. The van der Waals surface area contributed by atoms with Gasteiger partial charge in [-0.05, 0) is 0 Å². The summed E-state index contributed by atoms with van der Waals surface area (Å²) in [6, 6.07) is 0. The molecular weight excluding hydrogens is 186 g/mol. The largest absolute Gasteiger partial charge is 3.00 e. The number of hydrogen-bond donors (Lipinski definition) is 0. The molecule has 0 aromatic carbocycles. The Morgan fingerprint density at radius 2 is 0.750 bits per heavy atom. The van der Waals surface area contributed by atoms with E-state index in [1.807, 2.05) is 0 Å². The third-order valence-corrected chi connectivity index (χ3v) is 0. The van der Waals surface area contributed by atoms with Crippen LogP contribution in [0.5, 0.6) is 0 Å². The van der Waals surface area contributed by atoms with E-state index < -0.39 is 0 Å². The Morgan fingerprint density at radius 3 is 0.750 bits per heavy atom. The van der Waals surface area contributed by atoms with Gasteiger partial charge in [0.1, 0.15) is 0 Å². The van der Waals surface area contributed by atoms with Crippen LogP contribution in [0.4, 0.5) is 0 Å². The molecule has 0 radical (unpaired) electrons. The van der Waals surface area contributed by atoms with E-state index in [-0.39, 0.29) is 71.7 Å². The van der Waals surface area contributed by atoms with Gasteiger partial charge >= 0.3 is 44.7 Å². The summed E-state index contributed by atoms with van der Waals surface area (Å²) >= 11 is 0. The minimum Gasteiger partial charge on any atom is -2.00 e. The molecule has 0 atom stereocenters. The molecule has 0 aromatic rings. The van der Waals surface area contributed by atoms with Crippen molar-refractivity contribution in [1.82, 2.24) is 0 Å². The van der Waals surface area contributed by atoms with Crippen molar-refractivity contribution in [1.29, 1.82) is 0 Å². The summed E-state index contributed by atoms with van der Waals surface area (Å²) < 4.78 is 0. The molecule has 0 saturated heterocycles. The van der Waals surface area contributed by atoms with Crippen LogP contribution >= 0.6 is 0 Å². The fraction of sp³-hybridized carbons (Fsp3) is 0. The van der Waals surface area contributed by atoms with E-state index in [0.29, 0.717) is 0 Å². The first-order valence-corrected chi connectivity index (χ1v) is 0. The summed E-state index contributed by atoms with van der Waals surface area (Å²) in [5, 5.41) is 0. The molecule has 0 unspecified atom stereocenters. The summed E-state index contributed by atoms with van der Waals surface area (Å²) in [6.07, 6.45) is 0. The molecule has 0 N–H and O–H groups in total. The summed E-state index contributed by atoms with van der Waals surface area (Å²) in [5.41, 5.74) is 0. The van der Waals surface area contributed by atoms with Gasteiger partial charge in [-0.25, -0.2) is 0 Å². The first-order valence-electron chi connectivity index (χ1n) is 0. The van der Waals surface area contributed by atoms with Gasteiger partial charge in [0.15, 0.2) is 0 Å². The Balaban J connectivity index is 0. The van der Waals surface area contributed by atoms with E-state index in [2.05, 4.69) is 0 Å². The molecule has 4 heteroatoms. The van der Waals surface area contributed by atoms with Crippen LogP contribution in [-0.4, -0.2) is 25.8 Å². The Labute approximate surface area is 71.0 Å². The first kappa shape index (κ1) is 35.1. The van der Waals surface area contributed by atoms with E-state index in [1.54, 1.807) is 0 Å². The molecule has 0 aliphatic rings. The molecule has 0 aromatic heterocycles. The maximum Gasteiger partial charge on any atom is 3.00 e. The molecule has 0 bridgehead atoms. The van der Waals surface area contributed by atoms with Crippen LogP contribution in [-0.2, 0) is 27.0 Å². The van der Waals surface area contributed by atoms with E-state index >= 15 is 0 Å². The van der Waals surface area contributed by atoms with Gasteiger partial charge in [-0.2, -0.15) is 0 Å². The molecule has 0 saturated carbocycles. The van der Waals surface area contributed by atoms with Crippen molar-refractivity contribution < 1.29 is 18.9 Å². The standard InChI is InChI=1S/In.Li.2S/q+3;+1;2*-2. The fourth-order valence-corrected chi connectivity index (χ4v) is 0. The third-order valence-electron chi connectivity index (χ3n) is 0. The molecule has 0 heterocycles. The zero-order chi connectivity index (χ0) is 0. The van der Waals surface area contributed by atoms with Crippen LogP contribution in [0.1, 0.15) is 0 Å². The van der Waals surface area contributed by atoms with Gasteiger partial charge in [-0.1, -0.05) is 0 Å². The van der Waals surface area contributed by atoms with E-state index in [4.69, 9.17) is 0 Å². The van der Waals surface area contributed by atoms with Crippen molar-refractivity contribution in [2.24, 2.45) is 0 Å². The SMILES string of the molecule is [In+3].[Li+].[S-2].[S-2]. The maximum atomic E-state index is 0. The van der Waals surface area contributed by atoms with E-state index in [9.17, 15) is 0 Å². The monoisotopic (exact) mass is 186 g/mol. The van der Waals surface area contributed by atoms with Gasteiger partial charge in [0, 0.05) is 0 Å². The van der Waals surface area contributed by atoms with E-state index in [1.165, 1.54) is 0 Å². The van der Waals surface area contributed by atoms with Gasteiger partial charge < -0.3 is 27.0 Å². The summed E-state index contributed by atoms with van der Waals surface area (Å²) in [7, 11) is 0. The molecule has 0 rings (SSSR count). The van der Waals surface area contributed by atoms with Crippen LogP contribution in [0.25, 0.3) is 0 Å². The zero-order valence-electron chi connectivity index (χ0n) is 2.39. The van der Waals surface area contributed by atoms with Crippen molar-refractivity contribution in [3.05, 3.63) is 0 Å². The Hall–Kier alpha value is 2.17. The molecule has 4 heavy (non-hydrogen) atoms. The zero-order valence-corrected chi connectivity index (χ0v) is 7.32. The molecule has 0 amide bonds. The quantitative estimate of drug-likeness (QED) is 0.346. The predicted octanol–water partition coefficient (Wildman–Crippen LogP) is -3.38. The van der Waals surface area contributed by atoms with Crippen molar-refractivity contribution in [2.45, 2.75) is 0 Å². The van der Waals surface area contributed by atoms with Crippen molar-refractivity contribution in [2.75, 3.05) is 0 Å². The molecule has 0 aliphatic carbocycles. The van der Waals surface area contributed by atoms with Crippen LogP contribution in [0.15, 0.2) is 0 Å². The summed E-state index contributed by atoms with van der Waals surface area (Å²) in [4.78, 5) is 0. The van der Waals surface area contributed by atoms with Gasteiger partial charge in [0.25, 0.3) is 0 Å². The smallest absolute Gasteiger partial charge is 2.00 e. The topological polar surface area (TPSA) is 0 Å². The minimum absolute atomic E-state index is 0. The Morgan fingerprint density at radius 1 is 0.750 bits per heavy atom. The molecule has 16 valence electrons. The second kappa shape index (κ2) is 19.1. The minimum atomic E-state index is 0. The van der Waals surface area contributed by atoms with Crippen LogP contribution in [0.3, 0.4) is 0 Å². The van der Waals surface area contributed by atoms with Crippen molar-refractivity contribution >= 4 is 52.8 Å². The number of rotatable bonds is 0. The summed E-state index contributed by atoms with van der Waals surface area (Å²) in [5.74, 6) is 0. The number of hydrogen-bond acceptors (Lipinski definition) is 0. The second-order valence-electron chi connectivity index (χ2n) is 0. The molecule has 0 nitrogen and oxygen atoms in total. The van der Waals surface area contributed by atoms with Gasteiger partial charge in [0.05, 0.1) is 0 Å².